The second-order valence-electron chi connectivity index (χ2n) is 7.98. The number of benzene rings is 1. The molecule has 0 saturated heterocycles. The number of amides is 1. The molecule has 6 nitrogen and oxygen atoms in total. The van der Waals surface area contributed by atoms with Gasteiger partial charge < -0.3 is 4.90 Å². The number of halogens is 1. The van der Waals surface area contributed by atoms with Gasteiger partial charge in [-0.25, -0.2) is 17.8 Å². The molecule has 0 bridgehead atoms. The fourth-order valence-corrected chi connectivity index (χ4v) is 5.58. The molecule has 1 atom stereocenters. The Hall–Kier alpha value is -2.32. The van der Waals surface area contributed by atoms with E-state index in [1.54, 1.807) is 32.0 Å². The Kier molecular flexibility index (Phi) is 5.63. The van der Waals surface area contributed by atoms with E-state index in [1.165, 1.54) is 22.5 Å². The average Bonchev–Trinajstić information content (AvgIpc) is 3.58. The summed E-state index contributed by atoms with van der Waals surface area (Å²) in [5, 5.41) is 0.0130. The maximum atomic E-state index is 13.3. The summed E-state index contributed by atoms with van der Waals surface area (Å²) >= 11 is 0. The van der Waals surface area contributed by atoms with E-state index >= 15 is 0 Å². The number of aromatic nitrogens is 1. The molecule has 1 aliphatic heterocycles. The zero-order valence-corrected chi connectivity index (χ0v) is 18.0. The molecule has 0 unspecified atom stereocenters. The van der Waals surface area contributed by atoms with E-state index in [-0.39, 0.29) is 29.2 Å². The average molecular weight is 432 g/mol. The van der Waals surface area contributed by atoms with E-state index in [4.69, 9.17) is 0 Å². The molecule has 1 aromatic carbocycles. The van der Waals surface area contributed by atoms with Crippen molar-refractivity contribution in [1.29, 1.82) is 0 Å². The van der Waals surface area contributed by atoms with Crippen molar-refractivity contribution in [3.05, 3.63) is 59.0 Å². The molecule has 160 valence electrons. The van der Waals surface area contributed by atoms with Crippen LogP contribution in [0.5, 0.6) is 0 Å². The predicted octanol–water partition coefficient (Wildman–Crippen LogP) is 3.29. The summed E-state index contributed by atoms with van der Waals surface area (Å²) in [4.78, 5) is 18.7. The van der Waals surface area contributed by atoms with Crippen LogP contribution in [-0.2, 0) is 27.8 Å². The number of fused-ring (bicyclic) bond motifs is 1. The van der Waals surface area contributed by atoms with Gasteiger partial charge in [0.25, 0.3) is 10.0 Å². The zero-order valence-electron chi connectivity index (χ0n) is 17.2. The lowest BCUT2D eigenvalue weighted by atomic mass is 10.1. The molecule has 1 fully saturated rings. The number of hydrogen-bond donors (Lipinski definition) is 0. The second-order valence-corrected chi connectivity index (χ2v) is 9.81. The highest BCUT2D eigenvalue weighted by Crippen LogP contribution is 2.33. The number of sulfonamides is 1. The van der Waals surface area contributed by atoms with Gasteiger partial charge >= 0.3 is 0 Å². The second kappa shape index (κ2) is 8.07. The van der Waals surface area contributed by atoms with Gasteiger partial charge in [-0.2, -0.15) is 4.31 Å². The zero-order chi connectivity index (χ0) is 21.5. The normalized spacial score (nSPS) is 17.7. The third-order valence-corrected chi connectivity index (χ3v) is 7.88. The highest BCUT2D eigenvalue weighted by molar-refractivity contribution is 7.89. The molecule has 0 spiro atoms. The molecule has 4 rings (SSSR count). The lowest BCUT2D eigenvalue weighted by Gasteiger charge is -2.30. The van der Waals surface area contributed by atoms with Gasteiger partial charge in [0.15, 0.2) is 5.03 Å². The highest BCUT2D eigenvalue weighted by Gasteiger charge is 2.35. The molecule has 2 aliphatic rings. The molecule has 2 aromatic rings. The van der Waals surface area contributed by atoms with Crippen molar-refractivity contribution in [1.82, 2.24) is 14.2 Å². The quantitative estimate of drug-likeness (QED) is 0.704. The third kappa shape index (κ3) is 3.98. The van der Waals surface area contributed by atoms with Crippen molar-refractivity contribution in [3.63, 3.8) is 0 Å². The Morgan fingerprint density at radius 2 is 1.93 bits per heavy atom. The van der Waals surface area contributed by atoms with Crippen molar-refractivity contribution in [3.8, 4) is 0 Å². The summed E-state index contributed by atoms with van der Waals surface area (Å²) < 4.78 is 41.3. The summed E-state index contributed by atoms with van der Waals surface area (Å²) in [6.07, 6.45) is 2.49. The highest BCUT2D eigenvalue weighted by atomic mass is 32.2. The van der Waals surface area contributed by atoms with Crippen molar-refractivity contribution < 1.29 is 17.6 Å². The molecule has 1 aromatic heterocycles. The van der Waals surface area contributed by atoms with Crippen LogP contribution in [0.1, 0.15) is 49.6 Å². The first-order chi connectivity index (χ1) is 14.3. The van der Waals surface area contributed by atoms with Gasteiger partial charge in [-0.15, -0.1) is 0 Å². The van der Waals surface area contributed by atoms with Crippen LogP contribution in [0.4, 0.5) is 4.39 Å². The first kappa shape index (κ1) is 20.9. The Morgan fingerprint density at radius 1 is 1.23 bits per heavy atom. The number of carbonyl (C=O) groups excluding carboxylic acids is 1. The Bertz CT molecular complexity index is 1050. The van der Waals surface area contributed by atoms with Crippen LogP contribution >= 0.6 is 0 Å². The number of pyridine rings is 1. The van der Waals surface area contributed by atoms with Crippen LogP contribution in [0.3, 0.4) is 0 Å². The molecule has 1 aliphatic carbocycles. The maximum absolute atomic E-state index is 13.3. The molecule has 30 heavy (non-hydrogen) atoms. The SMILES string of the molecule is CCN([C@@H](C)c1ccc(F)cc1)S(=O)(=O)c1ccc2c(n1)CCN(C(=O)C1CC1)C2. The summed E-state index contributed by atoms with van der Waals surface area (Å²) in [5.74, 6) is 0.00951. The Labute approximate surface area is 176 Å². The van der Waals surface area contributed by atoms with Crippen molar-refractivity contribution >= 4 is 15.9 Å². The van der Waals surface area contributed by atoms with E-state index < -0.39 is 16.1 Å². The molecule has 1 saturated carbocycles. The summed E-state index contributed by atoms with van der Waals surface area (Å²) in [6.45, 7) is 4.89. The number of rotatable bonds is 6. The minimum absolute atomic E-state index is 0.0130. The van der Waals surface area contributed by atoms with Crippen LogP contribution in [0.25, 0.3) is 0 Å². The van der Waals surface area contributed by atoms with Gasteiger partial charge in [0.2, 0.25) is 5.91 Å². The molecule has 0 radical (unpaired) electrons. The van der Waals surface area contributed by atoms with Gasteiger partial charge in [0.05, 0.1) is 0 Å². The standard InChI is InChI=1S/C22H26FN3O3S/c1-3-26(15(2)16-6-9-19(23)10-7-16)30(28,29)21-11-8-18-14-25(13-12-20(18)24-21)22(27)17-4-5-17/h6-11,15,17H,3-5,12-14H2,1-2H3/t15-/m0/s1. The molecule has 0 N–H and O–H groups in total. The monoisotopic (exact) mass is 431 g/mol. The minimum atomic E-state index is -3.83. The number of nitrogens with zero attached hydrogens (tertiary/aromatic N) is 3. The lowest BCUT2D eigenvalue weighted by molar-refractivity contribution is -0.133. The third-order valence-electron chi connectivity index (χ3n) is 5.93. The smallest absolute Gasteiger partial charge is 0.261 e. The molecular weight excluding hydrogens is 405 g/mol. The fraction of sp³-hybridized carbons (Fsp3) is 0.455. The van der Waals surface area contributed by atoms with Crippen LogP contribution in [0, 0.1) is 11.7 Å². The van der Waals surface area contributed by atoms with Crippen molar-refractivity contribution in [2.75, 3.05) is 13.1 Å². The number of hydrogen-bond acceptors (Lipinski definition) is 4. The Balaban J connectivity index is 1.57. The fourth-order valence-electron chi connectivity index (χ4n) is 4.00. The van der Waals surface area contributed by atoms with Crippen LogP contribution in [0.15, 0.2) is 41.4 Å². The number of carbonyl (C=O) groups is 1. The van der Waals surface area contributed by atoms with E-state index in [9.17, 15) is 17.6 Å². The lowest BCUT2D eigenvalue weighted by Crippen LogP contribution is -2.38. The van der Waals surface area contributed by atoms with Gasteiger partial charge in [0.1, 0.15) is 5.82 Å². The summed E-state index contributed by atoms with van der Waals surface area (Å²) in [6, 6.07) is 8.71. The summed E-state index contributed by atoms with van der Waals surface area (Å²) in [5.41, 5.74) is 2.36. The van der Waals surface area contributed by atoms with Gasteiger partial charge in [0, 0.05) is 43.7 Å². The van der Waals surface area contributed by atoms with Crippen molar-refractivity contribution in [2.45, 2.75) is 50.7 Å². The van der Waals surface area contributed by atoms with Gasteiger partial charge in [-0.3, -0.25) is 4.79 Å². The predicted molar refractivity (Wildman–Crippen MR) is 110 cm³/mol. The van der Waals surface area contributed by atoms with E-state index in [1.807, 2.05) is 4.90 Å². The van der Waals surface area contributed by atoms with Crippen LogP contribution < -0.4 is 0 Å². The topological polar surface area (TPSA) is 70.6 Å². The van der Waals surface area contributed by atoms with Crippen molar-refractivity contribution in [2.24, 2.45) is 5.92 Å². The van der Waals surface area contributed by atoms with Gasteiger partial charge in [-0.1, -0.05) is 25.1 Å². The van der Waals surface area contributed by atoms with E-state index in [2.05, 4.69) is 4.98 Å². The molecular formula is C22H26FN3O3S. The molecule has 1 amide bonds. The minimum Gasteiger partial charge on any atom is -0.338 e. The summed E-state index contributed by atoms with van der Waals surface area (Å²) in [7, 11) is -3.83. The maximum Gasteiger partial charge on any atom is 0.261 e. The first-order valence-electron chi connectivity index (χ1n) is 10.4. The van der Waals surface area contributed by atoms with E-state index in [0.717, 1.165) is 24.1 Å². The Morgan fingerprint density at radius 3 is 2.57 bits per heavy atom. The van der Waals surface area contributed by atoms with Crippen LogP contribution in [0.2, 0.25) is 0 Å². The largest absolute Gasteiger partial charge is 0.338 e. The first-order valence-corrected chi connectivity index (χ1v) is 11.8. The molecule has 2 heterocycles. The van der Waals surface area contributed by atoms with Crippen LogP contribution in [-0.4, -0.2) is 41.6 Å². The van der Waals surface area contributed by atoms with E-state index in [0.29, 0.717) is 25.1 Å². The van der Waals surface area contributed by atoms with Gasteiger partial charge in [-0.05, 0) is 49.1 Å². The molecule has 8 heteroatoms.